The summed E-state index contributed by atoms with van der Waals surface area (Å²) in [5.41, 5.74) is 10.7. The van der Waals surface area contributed by atoms with Crippen LogP contribution < -0.4 is 5.32 Å². The van der Waals surface area contributed by atoms with E-state index in [0.29, 0.717) is 0 Å². The molecule has 7 rings (SSSR count). The lowest BCUT2D eigenvalue weighted by atomic mass is 9.97. The summed E-state index contributed by atoms with van der Waals surface area (Å²) in [6.45, 7) is 0. The van der Waals surface area contributed by atoms with Crippen LogP contribution in [0.1, 0.15) is 11.1 Å². The van der Waals surface area contributed by atoms with Crippen molar-refractivity contribution in [1.82, 2.24) is 4.57 Å². The molecule has 2 nitrogen and oxygen atoms in total. The van der Waals surface area contributed by atoms with E-state index in [1.807, 2.05) is 0 Å². The fraction of sp³-hybridized carbons (Fsp3) is 0. The molecule has 0 amide bonds. The van der Waals surface area contributed by atoms with E-state index < -0.39 is 0 Å². The molecule has 1 N–H and O–H groups in total. The highest BCUT2D eigenvalue weighted by Crippen LogP contribution is 2.40. The Morgan fingerprint density at radius 3 is 2.18 bits per heavy atom. The lowest BCUT2D eigenvalue weighted by Gasteiger charge is -2.13. The Morgan fingerprint density at radius 2 is 1.26 bits per heavy atom. The van der Waals surface area contributed by atoms with E-state index in [4.69, 9.17) is 0 Å². The van der Waals surface area contributed by atoms with Gasteiger partial charge in [-0.15, -0.1) is 0 Å². The third-order valence-electron chi connectivity index (χ3n) is 6.75. The van der Waals surface area contributed by atoms with Crippen molar-refractivity contribution in [2.45, 2.75) is 0 Å². The van der Waals surface area contributed by atoms with E-state index in [1.54, 1.807) is 0 Å². The summed E-state index contributed by atoms with van der Waals surface area (Å²) in [6.07, 6.45) is 4.38. The first kappa shape index (κ1) is 19.0. The summed E-state index contributed by atoms with van der Waals surface area (Å²) < 4.78 is 2.37. The molecule has 1 aromatic heterocycles. The summed E-state index contributed by atoms with van der Waals surface area (Å²) >= 11 is 0. The number of benzene rings is 5. The second kappa shape index (κ2) is 7.50. The molecule has 0 bridgehead atoms. The van der Waals surface area contributed by atoms with Gasteiger partial charge in [-0.1, -0.05) is 91.0 Å². The highest BCUT2D eigenvalue weighted by molar-refractivity contribution is 6.16. The maximum Gasteiger partial charge on any atom is 0.0547 e. The maximum atomic E-state index is 3.66. The molecule has 0 fully saturated rings. The SMILES string of the molecule is C1=Cc2ccc(-c3cccc4c3c3ccccc3n4-c3ccccc3)cc2Nc2ccccc21. The van der Waals surface area contributed by atoms with Gasteiger partial charge >= 0.3 is 0 Å². The predicted octanol–water partition coefficient (Wildman–Crippen LogP) is 8.68. The molecular formula is C32H22N2. The van der Waals surface area contributed by atoms with Crippen molar-refractivity contribution >= 4 is 45.3 Å². The number of nitrogens with one attached hydrogen (secondary N) is 1. The number of fused-ring (bicyclic) bond motifs is 5. The van der Waals surface area contributed by atoms with Gasteiger partial charge in [-0.05, 0) is 58.7 Å². The monoisotopic (exact) mass is 434 g/mol. The van der Waals surface area contributed by atoms with Crippen LogP contribution in [-0.2, 0) is 0 Å². The molecule has 1 aliphatic heterocycles. The van der Waals surface area contributed by atoms with E-state index in [0.717, 1.165) is 11.4 Å². The van der Waals surface area contributed by atoms with Crippen LogP contribution in [0.5, 0.6) is 0 Å². The van der Waals surface area contributed by atoms with E-state index in [9.17, 15) is 0 Å². The van der Waals surface area contributed by atoms with Crippen LogP contribution in [0.25, 0.3) is 50.8 Å². The molecule has 0 radical (unpaired) electrons. The summed E-state index contributed by atoms with van der Waals surface area (Å²) in [7, 11) is 0. The van der Waals surface area contributed by atoms with Crippen LogP contribution in [0.15, 0.2) is 115 Å². The lowest BCUT2D eigenvalue weighted by molar-refractivity contribution is 1.18. The molecule has 1 aliphatic rings. The fourth-order valence-corrected chi connectivity index (χ4v) is 5.17. The highest BCUT2D eigenvalue weighted by Gasteiger charge is 2.17. The van der Waals surface area contributed by atoms with Gasteiger partial charge in [0.05, 0.1) is 11.0 Å². The number of anilines is 2. The largest absolute Gasteiger partial charge is 0.355 e. The predicted molar refractivity (Wildman–Crippen MR) is 145 cm³/mol. The minimum Gasteiger partial charge on any atom is -0.355 e. The molecule has 0 aliphatic carbocycles. The molecule has 6 aromatic rings. The van der Waals surface area contributed by atoms with Crippen molar-refractivity contribution in [3.05, 3.63) is 126 Å². The molecule has 0 saturated heterocycles. The third-order valence-corrected chi connectivity index (χ3v) is 6.75. The average molecular weight is 435 g/mol. The Balaban J connectivity index is 1.47. The van der Waals surface area contributed by atoms with Gasteiger partial charge in [0, 0.05) is 27.8 Å². The number of hydrogen-bond acceptors (Lipinski definition) is 1. The summed E-state index contributed by atoms with van der Waals surface area (Å²) in [5.74, 6) is 0. The first-order valence-electron chi connectivity index (χ1n) is 11.6. The van der Waals surface area contributed by atoms with Crippen LogP contribution in [0.3, 0.4) is 0 Å². The van der Waals surface area contributed by atoms with Gasteiger partial charge in [0.1, 0.15) is 0 Å². The van der Waals surface area contributed by atoms with Crippen LogP contribution in [0.2, 0.25) is 0 Å². The van der Waals surface area contributed by atoms with Gasteiger partial charge in [0.25, 0.3) is 0 Å². The van der Waals surface area contributed by atoms with Crippen molar-refractivity contribution in [3.8, 4) is 16.8 Å². The molecule has 0 spiro atoms. The topological polar surface area (TPSA) is 17.0 Å². The van der Waals surface area contributed by atoms with Crippen molar-refractivity contribution in [2.24, 2.45) is 0 Å². The summed E-state index contributed by atoms with van der Waals surface area (Å²) in [6, 6.07) is 41.1. The zero-order valence-electron chi connectivity index (χ0n) is 18.6. The van der Waals surface area contributed by atoms with Crippen LogP contribution in [0.4, 0.5) is 11.4 Å². The molecule has 5 aromatic carbocycles. The van der Waals surface area contributed by atoms with Gasteiger partial charge in [0.2, 0.25) is 0 Å². The molecule has 2 heteroatoms. The number of rotatable bonds is 2. The molecule has 0 saturated carbocycles. The van der Waals surface area contributed by atoms with E-state index >= 15 is 0 Å². The molecule has 0 atom stereocenters. The molecule has 160 valence electrons. The average Bonchev–Trinajstić information content (AvgIpc) is 3.11. The number of para-hydroxylation sites is 3. The van der Waals surface area contributed by atoms with Crippen LogP contribution >= 0.6 is 0 Å². The smallest absolute Gasteiger partial charge is 0.0547 e. The van der Waals surface area contributed by atoms with Crippen LogP contribution in [0, 0.1) is 0 Å². The minimum absolute atomic E-state index is 1.13. The number of aromatic nitrogens is 1. The van der Waals surface area contributed by atoms with Gasteiger partial charge in [0.15, 0.2) is 0 Å². The minimum atomic E-state index is 1.13. The second-order valence-corrected chi connectivity index (χ2v) is 8.74. The van der Waals surface area contributed by atoms with Gasteiger partial charge in [-0.2, -0.15) is 0 Å². The van der Waals surface area contributed by atoms with E-state index in [2.05, 4.69) is 137 Å². The van der Waals surface area contributed by atoms with Gasteiger partial charge in [-0.3, -0.25) is 0 Å². The standard InChI is InChI=1S/C32H22N2/c1-2-10-25(11-3-1)34-30-15-7-5-12-27(30)32-26(13-8-16-31(32)34)24-20-19-23-18-17-22-9-4-6-14-28(22)33-29(23)21-24/h1-21,33H. The Morgan fingerprint density at radius 1 is 0.529 bits per heavy atom. The maximum absolute atomic E-state index is 3.66. The summed E-state index contributed by atoms with van der Waals surface area (Å²) in [5, 5.41) is 6.21. The van der Waals surface area contributed by atoms with Crippen molar-refractivity contribution in [1.29, 1.82) is 0 Å². The normalized spacial score (nSPS) is 12.2. The lowest BCUT2D eigenvalue weighted by Crippen LogP contribution is -1.94. The van der Waals surface area contributed by atoms with Crippen molar-refractivity contribution in [3.63, 3.8) is 0 Å². The van der Waals surface area contributed by atoms with Crippen molar-refractivity contribution < 1.29 is 0 Å². The second-order valence-electron chi connectivity index (χ2n) is 8.74. The molecule has 2 heterocycles. The van der Waals surface area contributed by atoms with Gasteiger partial charge in [-0.25, -0.2) is 0 Å². The molecule has 0 unspecified atom stereocenters. The Bertz CT molecular complexity index is 1720. The van der Waals surface area contributed by atoms with E-state index in [1.165, 1.54) is 49.7 Å². The zero-order valence-corrected chi connectivity index (χ0v) is 18.6. The quantitative estimate of drug-likeness (QED) is 0.288. The number of hydrogen-bond donors (Lipinski definition) is 1. The summed E-state index contributed by atoms with van der Waals surface area (Å²) in [4.78, 5) is 0. The zero-order chi connectivity index (χ0) is 22.5. The van der Waals surface area contributed by atoms with E-state index in [-0.39, 0.29) is 0 Å². The third kappa shape index (κ3) is 2.89. The van der Waals surface area contributed by atoms with Gasteiger partial charge < -0.3 is 9.88 Å². The Labute approximate surface area is 198 Å². The number of nitrogens with zero attached hydrogens (tertiary/aromatic N) is 1. The molecule has 34 heavy (non-hydrogen) atoms. The Hall–Kier alpha value is -4.56. The van der Waals surface area contributed by atoms with Crippen LogP contribution in [-0.4, -0.2) is 4.57 Å². The Kier molecular flexibility index (Phi) is 4.18. The van der Waals surface area contributed by atoms with Crippen molar-refractivity contribution in [2.75, 3.05) is 5.32 Å². The fourth-order valence-electron chi connectivity index (χ4n) is 5.17. The first-order chi connectivity index (χ1) is 16.9. The highest BCUT2D eigenvalue weighted by atomic mass is 15.0. The molecular weight excluding hydrogens is 412 g/mol. The first-order valence-corrected chi connectivity index (χ1v) is 11.6.